The zero-order chi connectivity index (χ0) is 24.7. The lowest BCUT2D eigenvalue weighted by molar-refractivity contribution is -0.136. The van der Waals surface area contributed by atoms with Crippen LogP contribution in [-0.4, -0.2) is 17.3 Å². The van der Waals surface area contributed by atoms with Crippen molar-refractivity contribution in [2.24, 2.45) is 0 Å². The van der Waals surface area contributed by atoms with Crippen LogP contribution in [0.15, 0.2) is 72.8 Å². The molecule has 0 spiro atoms. The minimum absolute atomic E-state index is 0.00228. The highest BCUT2D eigenvalue weighted by Crippen LogP contribution is 2.50. The first-order valence-electron chi connectivity index (χ1n) is 11.8. The molecule has 0 aliphatic carbocycles. The number of hydrogen-bond acceptors (Lipinski definition) is 3. The number of fused-ring (bicyclic) bond motifs is 3. The van der Waals surface area contributed by atoms with Crippen LogP contribution in [0.2, 0.25) is 0 Å². The van der Waals surface area contributed by atoms with Crippen molar-refractivity contribution in [2.75, 3.05) is 10.6 Å². The zero-order valence-corrected chi connectivity index (χ0v) is 21.4. The summed E-state index contributed by atoms with van der Waals surface area (Å²) in [5, 5.41) is 9.83. The van der Waals surface area contributed by atoms with Gasteiger partial charge in [-0.25, -0.2) is 0 Å². The lowest BCUT2D eigenvalue weighted by Gasteiger charge is -2.36. The van der Waals surface area contributed by atoms with Crippen molar-refractivity contribution in [3.05, 3.63) is 101 Å². The highest BCUT2D eigenvalue weighted by molar-refractivity contribution is 7.99. The van der Waals surface area contributed by atoms with E-state index in [-0.39, 0.29) is 6.42 Å². The third-order valence-corrected chi connectivity index (χ3v) is 7.79. The highest BCUT2D eigenvalue weighted by atomic mass is 32.2. The van der Waals surface area contributed by atoms with Gasteiger partial charge < -0.3 is 9.41 Å². The van der Waals surface area contributed by atoms with Crippen molar-refractivity contribution in [1.29, 1.82) is 0 Å². The molecule has 0 fully saturated rings. The second-order valence-electron chi connectivity index (χ2n) is 9.22. The Morgan fingerprint density at radius 1 is 0.857 bits per heavy atom. The Kier molecular flexibility index (Phi) is 6.16. The van der Waals surface area contributed by atoms with E-state index in [1.807, 2.05) is 6.07 Å². The average molecular weight is 480 g/mol. The number of aliphatic carboxylic acids is 1. The number of hydrogen-bond donors (Lipinski definition) is 1. The predicted molar refractivity (Wildman–Crippen MR) is 148 cm³/mol. The van der Waals surface area contributed by atoms with E-state index in [9.17, 15) is 9.90 Å². The van der Waals surface area contributed by atoms with E-state index < -0.39 is 5.97 Å². The van der Waals surface area contributed by atoms with Gasteiger partial charge >= 0.3 is 5.97 Å². The smallest absolute Gasteiger partial charge is 0.307 e. The first kappa shape index (κ1) is 23.3. The van der Waals surface area contributed by atoms with Gasteiger partial charge in [0, 0.05) is 11.8 Å². The molecule has 0 unspecified atom stereocenters. The standard InChI is InChI=1S/C31H29NO2S/c1-19-10-12-23(13-11-19)29-21(3)30-27-16-24(22-8-6-5-7-9-22)14-15-25(27)18-32(35-4)31(30)20(2)26(29)17-28(33)34/h5-16H,17-18H2,1-4H3,(H,33,34). The first-order chi connectivity index (χ1) is 16.9. The number of benzene rings is 4. The third-order valence-electron chi connectivity index (χ3n) is 7.03. The summed E-state index contributed by atoms with van der Waals surface area (Å²) in [5.41, 5.74) is 13.6. The summed E-state index contributed by atoms with van der Waals surface area (Å²) in [6.45, 7) is 7.10. The van der Waals surface area contributed by atoms with Crippen LogP contribution in [0.25, 0.3) is 33.4 Å². The molecule has 1 heterocycles. The fraction of sp³-hybridized carbons (Fsp3) is 0.194. The lowest BCUT2D eigenvalue weighted by atomic mass is 9.80. The van der Waals surface area contributed by atoms with Gasteiger partial charge in [-0.1, -0.05) is 84.2 Å². The van der Waals surface area contributed by atoms with Crippen LogP contribution in [0.4, 0.5) is 5.69 Å². The molecule has 176 valence electrons. The van der Waals surface area contributed by atoms with Crippen molar-refractivity contribution in [2.45, 2.75) is 33.7 Å². The predicted octanol–water partition coefficient (Wildman–Crippen LogP) is 7.84. The summed E-state index contributed by atoms with van der Waals surface area (Å²) in [6.07, 6.45) is 2.09. The molecular formula is C31H29NO2S. The summed E-state index contributed by atoms with van der Waals surface area (Å²) in [6, 6.07) is 25.7. The molecule has 0 amide bonds. The molecule has 3 nitrogen and oxygen atoms in total. The molecule has 4 aromatic rings. The van der Waals surface area contributed by atoms with E-state index in [0.717, 1.165) is 40.0 Å². The van der Waals surface area contributed by atoms with Gasteiger partial charge in [0.15, 0.2) is 0 Å². The van der Waals surface area contributed by atoms with Crippen LogP contribution in [0, 0.1) is 20.8 Å². The Labute approximate surface area is 211 Å². The van der Waals surface area contributed by atoms with E-state index in [0.29, 0.717) is 0 Å². The lowest BCUT2D eigenvalue weighted by Crippen LogP contribution is -2.22. The van der Waals surface area contributed by atoms with Gasteiger partial charge in [-0.3, -0.25) is 4.79 Å². The van der Waals surface area contributed by atoms with Crippen molar-refractivity contribution in [3.63, 3.8) is 0 Å². The summed E-state index contributed by atoms with van der Waals surface area (Å²) < 4.78 is 2.31. The molecule has 5 rings (SSSR count). The third kappa shape index (κ3) is 4.12. The van der Waals surface area contributed by atoms with Crippen LogP contribution < -0.4 is 4.31 Å². The quantitative estimate of drug-likeness (QED) is 0.296. The molecule has 0 saturated heterocycles. The molecule has 1 aliphatic rings. The molecule has 0 saturated carbocycles. The van der Waals surface area contributed by atoms with Gasteiger partial charge in [0.1, 0.15) is 0 Å². The van der Waals surface area contributed by atoms with Crippen molar-refractivity contribution >= 4 is 23.6 Å². The average Bonchev–Trinajstić information content (AvgIpc) is 2.87. The van der Waals surface area contributed by atoms with Crippen LogP contribution in [0.3, 0.4) is 0 Å². The molecular weight excluding hydrogens is 450 g/mol. The van der Waals surface area contributed by atoms with Crippen molar-refractivity contribution in [1.82, 2.24) is 0 Å². The Morgan fingerprint density at radius 3 is 2.20 bits per heavy atom. The minimum Gasteiger partial charge on any atom is -0.481 e. The normalized spacial score (nSPS) is 12.3. The summed E-state index contributed by atoms with van der Waals surface area (Å²) in [5.74, 6) is -0.806. The van der Waals surface area contributed by atoms with Crippen LogP contribution in [0.5, 0.6) is 0 Å². The van der Waals surface area contributed by atoms with E-state index in [2.05, 4.69) is 98.1 Å². The second-order valence-corrected chi connectivity index (χ2v) is 10.0. The molecule has 4 aromatic carbocycles. The number of rotatable bonds is 5. The summed E-state index contributed by atoms with van der Waals surface area (Å²) in [7, 11) is 0. The molecule has 0 aromatic heterocycles. The Morgan fingerprint density at radius 2 is 1.54 bits per heavy atom. The zero-order valence-electron chi connectivity index (χ0n) is 20.6. The number of carboxylic acids is 1. The largest absolute Gasteiger partial charge is 0.481 e. The second kappa shape index (κ2) is 9.27. The Bertz CT molecular complexity index is 1430. The first-order valence-corrected chi connectivity index (χ1v) is 13.0. The number of anilines is 1. The monoisotopic (exact) mass is 479 g/mol. The Balaban J connectivity index is 1.84. The molecule has 0 radical (unpaired) electrons. The minimum atomic E-state index is -0.806. The SMILES string of the molecule is CSN1Cc2ccc(-c3ccccc3)cc2-c2c(C)c(-c3ccc(C)cc3)c(CC(=O)O)c(C)c21. The molecule has 4 heteroatoms. The van der Waals surface area contributed by atoms with E-state index >= 15 is 0 Å². The fourth-order valence-corrected chi connectivity index (χ4v) is 6.00. The van der Waals surface area contributed by atoms with Crippen LogP contribution in [-0.2, 0) is 17.8 Å². The molecule has 1 N–H and O–H groups in total. The number of carboxylic acid groups (broad SMARTS) is 1. The Hall–Kier alpha value is -3.50. The summed E-state index contributed by atoms with van der Waals surface area (Å²) in [4.78, 5) is 12.0. The van der Waals surface area contributed by atoms with Gasteiger partial charge in [0.05, 0.1) is 18.7 Å². The van der Waals surface area contributed by atoms with Gasteiger partial charge in [-0.2, -0.15) is 0 Å². The van der Waals surface area contributed by atoms with E-state index in [1.165, 1.54) is 33.4 Å². The van der Waals surface area contributed by atoms with Crippen molar-refractivity contribution in [3.8, 4) is 33.4 Å². The maximum absolute atomic E-state index is 12.0. The summed E-state index contributed by atoms with van der Waals surface area (Å²) >= 11 is 1.69. The highest BCUT2D eigenvalue weighted by Gasteiger charge is 2.30. The van der Waals surface area contributed by atoms with E-state index in [4.69, 9.17) is 0 Å². The number of carbonyl (C=O) groups is 1. The maximum atomic E-state index is 12.0. The molecule has 0 atom stereocenters. The van der Waals surface area contributed by atoms with Crippen LogP contribution in [0.1, 0.15) is 27.8 Å². The molecule has 1 aliphatic heterocycles. The molecule has 0 bridgehead atoms. The van der Waals surface area contributed by atoms with Gasteiger partial charge in [0.25, 0.3) is 0 Å². The van der Waals surface area contributed by atoms with Crippen LogP contribution >= 0.6 is 11.9 Å². The fourth-order valence-electron chi connectivity index (χ4n) is 5.32. The maximum Gasteiger partial charge on any atom is 0.307 e. The van der Waals surface area contributed by atoms with Gasteiger partial charge in [-0.15, -0.1) is 0 Å². The van der Waals surface area contributed by atoms with Gasteiger partial charge in [0.2, 0.25) is 0 Å². The molecule has 35 heavy (non-hydrogen) atoms. The number of nitrogens with zero attached hydrogens (tertiary/aromatic N) is 1. The van der Waals surface area contributed by atoms with E-state index in [1.54, 1.807) is 11.9 Å². The number of aryl methyl sites for hydroxylation is 1. The van der Waals surface area contributed by atoms with Gasteiger partial charge in [-0.05, 0) is 76.9 Å². The topological polar surface area (TPSA) is 40.5 Å². The van der Waals surface area contributed by atoms with Crippen molar-refractivity contribution < 1.29 is 9.90 Å².